The van der Waals surface area contributed by atoms with Crippen LogP contribution in [0.4, 0.5) is 5.82 Å². The quantitative estimate of drug-likeness (QED) is 0.785. The lowest BCUT2D eigenvalue weighted by atomic mass is 10.2. The van der Waals surface area contributed by atoms with Crippen molar-refractivity contribution in [3.05, 3.63) is 53.5 Å². The van der Waals surface area contributed by atoms with E-state index in [4.69, 9.17) is 0 Å². The van der Waals surface area contributed by atoms with Crippen molar-refractivity contribution in [3.8, 4) is 0 Å². The lowest BCUT2D eigenvalue weighted by molar-refractivity contribution is 0.0746. The van der Waals surface area contributed by atoms with Crippen molar-refractivity contribution in [2.75, 3.05) is 44.2 Å². The molecule has 0 atom stereocenters. The number of benzene rings is 1. The van der Waals surface area contributed by atoms with Gasteiger partial charge in [-0.05, 0) is 26.0 Å². The average Bonchev–Trinajstić information content (AvgIpc) is 2.72. The topological polar surface area (TPSA) is 52.6 Å². The Morgan fingerprint density at radius 1 is 1.07 bits per heavy atom. The SMILES string of the molecule is CCN1CCN(c2cc(C(=O)N(CC)Cc3ccccc3)nc(C)n2)CC1. The van der Waals surface area contributed by atoms with E-state index in [1.54, 1.807) is 0 Å². The summed E-state index contributed by atoms with van der Waals surface area (Å²) in [6, 6.07) is 11.9. The third-order valence-electron chi connectivity index (χ3n) is 5.07. The summed E-state index contributed by atoms with van der Waals surface area (Å²) in [7, 11) is 0. The maximum atomic E-state index is 13.1. The maximum absolute atomic E-state index is 13.1. The fourth-order valence-corrected chi connectivity index (χ4v) is 3.41. The second kappa shape index (κ2) is 8.95. The van der Waals surface area contributed by atoms with E-state index in [0.29, 0.717) is 24.6 Å². The van der Waals surface area contributed by atoms with Gasteiger partial charge in [-0.2, -0.15) is 0 Å². The van der Waals surface area contributed by atoms with Gasteiger partial charge in [-0.3, -0.25) is 4.79 Å². The number of hydrogen-bond donors (Lipinski definition) is 0. The Morgan fingerprint density at radius 2 is 1.78 bits per heavy atom. The van der Waals surface area contributed by atoms with Crippen LogP contribution >= 0.6 is 0 Å². The number of aryl methyl sites for hydroxylation is 1. The van der Waals surface area contributed by atoms with E-state index in [1.807, 2.05) is 55.1 Å². The highest BCUT2D eigenvalue weighted by Gasteiger charge is 2.21. The average molecular weight is 367 g/mol. The molecule has 0 bridgehead atoms. The normalized spacial score (nSPS) is 15.0. The number of hydrogen-bond acceptors (Lipinski definition) is 5. The van der Waals surface area contributed by atoms with Crippen LogP contribution in [0.2, 0.25) is 0 Å². The number of carbonyl (C=O) groups is 1. The molecule has 1 saturated heterocycles. The summed E-state index contributed by atoms with van der Waals surface area (Å²) in [5.74, 6) is 1.46. The van der Waals surface area contributed by atoms with Gasteiger partial charge in [0.1, 0.15) is 17.3 Å². The lowest BCUT2D eigenvalue weighted by Gasteiger charge is -2.35. The Hall–Kier alpha value is -2.47. The lowest BCUT2D eigenvalue weighted by Crippen LogP contribution is -2.46. The zero-order chi connectivity index (χ0) is 19.2. The molecule has 1 amide bonds. The molecule has 1 aromatic carbocycles. The van der Waals surface area contributed by atoms with Crippen molar-refractivity contribution >= 4 is 11.7 Å². The minimum atomic E-state index is -0.0414. The van der Waals surface area contributed by atoms with Gasteiger partial charge in [-0.15, -0.1) is 0 Å². The van der Waals surface area contributed by atoms with Gasteiger partial charge in [-0.25, -0.2) is 9.97 Å². The summed E-state index contributed by atoms with van der Waals surface area (Å²) in [5.41, 5.74) is 1.60. The van der Waals surface area contributed by atoms with Gasteiger partial charge in [0.05, 0.1) is 0 Å². The standard InChI is InChI=1S/C21H29N5O/c1-4-24-11-13-26(14-12-24)20-15-19(22-17(3)23-20)21(27)25(5-2)16-18-9-7-6-8-10-18/h6-10,15H,4-5,11-14,16H2,1-3H3. The predicted molar refractivity (Wildman–Crippen MR) is 108 cm³/mol. The molecule has 6 nitrogen and oxygen atoms in total. The second-order valence-electron chi connectivity index (χ2n) is 6.88. The molecule has 1 fully saturated rings. The number of amides is 1. The van der Waals surface area contributed by atoms with Gasteiger partial charge in [0.15, 0.2) is 0 Å². The second-order valence-corrected chi connectivity index (χ2v) is 6.88. The first-order chi connectivity index (χ1) is 13.1. The van der Waals surface area contributed by atoms with Crippen LogP contribution in [0.15, 0.2) is 36.4 Å². The largest absolute Gasteiger partial charge is 0.354 e. The highest BCUT2D eigenvalue weighted by Crippen LogP contribution is 2.17. The minimum absolute atomic E-state index is 0.0414. The van der Waals surface area contributed by atoms with Crippen LogP contribution in [0.1, 0.15) is 35.7 Å². The van der Waals surface area contributed by atoms with Crippen LogP contribution in [-0.2, 0) is 6.54 Å². The third kappa shape index (κ3) is 4.83. The van der Waals surface area contributed by atoms with E-state index in [9.17, 15) is 4.79 Å². The molecule has 27 heavy (non-hydrogen) atoms. The van der Waals surface area contributed by atoms with Crippen molar-refractivity contribution in [3.63, 3.8) is 0 Å². The van der Waals surface area contributed by atoms with Gasteiger partial charge in [0.2, 0.25) is 0 Å². The van der Waals surface area contributed by atoms with Crippen molar-refractivity contribution in [1.29, 1.82) is 0 Å². The number of piperazine rings is 1. The summed E-state index contributed by atoms with van der Waals surface area (Å²) >= 11 is 0. The molecule has 0 saturated carbocycles. The minimum Gasteiger partial charge on any atom is -0.354 e. The Morgan fingerprint density at radius 3 is 2.41 bits per heavy atom. The number of rotatable bonds is 6. The summed E-state index contributed by atoms with van der Waals surface area (Å²) in [6.07, 6.45) is 0. The van der Waals surface area contributed by atoms with Gasteiger partial charge in [0, 0.05) is 45.3 Å². The fourth-order valence-electron chi connectivity index (χ4n) is 3.41. The van der Waals surface area contributed by atoms with Crippen LogP contribution in [0, 0.1) is 6.92 Å². The zero-order valence-electron chi connectivity index (χ0n) is 16.6. The smallest absolute Gasteiger partial charge is 0.272 e. The molecule has 0 aliphatic carbocycles. The van der Waals surface area contributed by atoms with E-state index >= 15 is 0 Å². The van der Waals surface area contributed by atoms with Gasteiger partial charge >= 0.3 is 0 Å². The molecule has 1 aromatic heterocycles. The number of anilines is 1. The number of likely N-dealkylation sites (N-methyl/N-ethyl adjacent to an activating group) is 1. The van der Waals surface area contributed by atoms with E-state index < -0.39 is 0 Å². The molecule has 144 valence electrons. The first-order valence-electron chi connectivity index (χ1n) is 9.77. The fraction of sp³-hybridized carbons (Fsp3) is 0.476. The van der Waals surface area contributed by atoms with Crippen molar-refractivity contribution in [2.24, 2.45) is 0 Å². The maximum Gasteiger partial charge on any atom is 0.272 e. The van der Waals surface area contributed by atoms with Gasteiger partial charge < -0.3 is 14.7 Å². The first-order valence-corrected chi connectivity index (χ1v) is 9.77. The molecule has 1 aliphatic heterocycles. The Bertz CT molecular complexity index is 756. The summed E-state index contributed by atoms with van der Waals surface area (Å²) in [4.78, 5) is 28.6. The summed E-state index contributed by atoms with van der Waals surface area (Å²) in [6.45, 7) is 12.3. The van der Waals surface area contributed by atoms with E-state index in [1.165, 1.54) is 0 Å². The molecule has 0 unspecified atom stereocenters. The predicted octanol–water partition coefficient (Wildman–Crippen LogP) is 2.59. The number of nitrogens with zero attached hydrogens (tertiary/aromatic N) is 5. The monoisotopic (exact) mass is 367 g/mol. The molecule has 1 aliphatic rings. The molecule has 2 aromatic rings. The van der Waals surface area contributed by atoms with Gasteiger partial charge in [0.25, 0.3) is 5.91 Å². The van der Waals surface area contributed by atoms with Crippen molar-refractivity contribution in [1.82, 2.24) is 19.8 Å². The van der Waals surface area contributed by atoms with Crippen molar-refractivity contribution < 1.29 is 4.79 Å². The molecule has 0 N–H and O–H groups in total. The van der Waals surface area contributed by atoms with Crippen LogP contribution in [0.25, 0.3) is 0 Å². The van der Waals surface area contributed by atoms with Crippen LogP contribution in [0.5, 0.6) is 0 Å². The molecule has 0 radical (unpaired) electrons. The molecular formula is C21H29N5O. The van der Waals surface area contributed by atoms with Crippen LogP contribution < -0.4 is 4.90 Å². The van der Waals surface area contributed by atoms with E-state index in [0.717, 1.165) is 44.1 Å². The Labute approximate surface area is 161 Å². The molecule has 6 heteroatoms. The molecule has 3 rings (SSSR count). The molecule has 2 heterocycles. The first kappa shape index (κ1) is 19.3. The number of carbonyl (C=O) groups excluding carboxylic acids is 1. The summed E-state index contributed by atoms with van der Waals surface area (Å²) in [5, 5.41) is 0. The molecule has 0 spiro atoms. The number of aromatic nitrogens is 2. The highest BCUT2D eigenvalue weighted by molar-refractivity contribution is 5.93. The third-order valence-corrected chi connectivity index (χ3v) is 5.07. The Kier molecular flexibility index (Phi) is 6.40. The Balaban J connectivity index is 1.77. The van der Waals surface area contributed by atoms with Crippen LogP contribution in [0.3, 0.4) is 0 Å². The van der Waals surface area contributed by atoms with Crippen molar-refractivity contribution in [2.45, 2.75) is 27.3 Å². The van der Waals surface area contributed by atoms with E-state index in [2.05, 4.69) is 26.7 Å². The van der Waals surface area contributed by atoms with Gasteiger partial charge in [-0.1, -0.05) is 37.3 Å². The van der Waals surface area contributed by atoms with Crippen LogP contribution in [-0.4, -0.2) is 64.9 Å². The molecular weight excluding hydrogens is 338 g/mol. The highest BCUT2D eigenvalue weighted by atomic mass is 16.2. The summed E-state index contributed by atoms with van der Waals surface area (Å²) < 4.78 is 0. The zero-order valence-corrected chi connectivity index (χ0v) is 16.6. The van der Waals surface area contributed by atoms with E-state index in [-0.39, 0.29) is 5.91 Å².